The molecular weight excluding hydrogens is 354 g/mol. The zero-order valence-electron chi connectivity index (χ0n) is 16.6. The molecule has 148 valence electrons. The number of aromatic nitrogens is 2. The maximum Gasteiger partial charge on any atom is 0.410 e. The molecule has 2 fully saturated rings. The predicted molar refractivity (Wildman–Crippen MR) is 105 cm³/mol. The number of hydrogen-bond acceptors (Lipinski definition) is 4. The van der Waals surface area contributed by atoms with Crippen LogP contribution in [0.25, 0.3) is 11.3 Å². The van der Waals surface area contributed by atoms with Crippen molar-refractivity contribution in [3.8, 4) is 11.3 Å². The average molecular weight is 381 g/mol. The van der Waals surface area contributed by atoms with E-state index in [0.717, 1.165) is 18.5 Å². The second kappa shape index (κ2) is 5.83. The highest BCUT2D eigenvalue weighted by Crippen LogP contribution is 2.55. The van der Waals surface area contributed by atoms with Gasteiger partial charge in [0.05, 0.1) is 30.4 Å². The summed E-state index contributed by atoms with van der Waals surface area (Å²) in [4.78, 5) is 18.4. The van der Waals surface area contributed by atoms with Gasteiger partial charge in [0.1, 0.15) is 5.60 Å². The number of hydrogen-bond donors (Lipinski definition) is 1. The van der Waals surface area contributed by atoms with Gasteiger partial charge in [-0.3, -0.25) is 0 Å². The fraction of sp³-hybridized carbons (Fsp3) is 0.545. The van der Waals surface area contributed by atoms with Crippen LogP contribution in [0.4, 0.5) is 4.79 Å². The molecule has 1 saturated carbocycles. The third-order valence-corrected chi connectivity index (χ3v) is 6.60. The summed E-state index contributed by atoms with van der Waals surface area (Å²) in [5.74, 6) is 0.123. The lowest BCUT2D eigenvalue weighted by Gasteiger charge is -2.50. The van der Waals surface area contributed by atoms with Crippen LogP contribution in [0.3, 0.4) is 0 Å². The van der Waals surface area contributed by atoms with Gasteiger partial charge >= 0.3 is 6.09 Å². The van der Waals surface area contributed by atoms with Gasteiger partial charge in [0.25, 0.3) is 0 Å². The molecule has 1 saturated heterocycles. The van der Waals surface area contributed by atoms with E-state index in [2.05, 4.69) is 33.8 Å². The van der Waals surface area contributed by atoms with Crippen molar-refractivity contribution in [2.45, 2.75) is 51.4 Å². The number of benzene rings is 1. The first-order chi connectivity index (χ1) is 13.3. The van der Waals surface area contributed by atoms with E-state index in [4.69, 9.17) is 4.74 Å². The van der Waals surface area contributed by atoms with Crippen molar-refractivity contribution in [3.63, 3.8) is 0 Å². The van der Waals surface area contributed by atoms with E-state index < -0.39 is 11.7 Å². The third kappa shape index (κ3) is 2.50. The SMILES string of the molecule is CC(C)(C)OC(=O)N1CC2(CC[C@H]([C@@H]3c4ccccc4-c4cncn43)[C@@H]2O)C1. The minimum Gasteiger partial charge on any atom is -0.444 e. The monoisotopic (exact) mass is 381 g/mol. The highest BCUT2D eigenvalue weighted by Gasteiger charge is 2.59. The number of rotatable bonds is 1. The second-order valence-corrected chi connectivity index (χ2v) is 9.56. The molecule has 28 heavy (non-hydrogen) atoms. The molecule has 6 nitrogen and oxygen atoms in total. The van der Waals surface area contributed by atoms with Crippen molar-refractivity contribution < 1.29 is 14.6 Å². The average Bonchev–Trinajstić information content (AvgIpc) is 3.25. The van der Waals surface area contributed by atoms with E-state index >= 15 is 0 Å². The van der Waals surface area contributed by atoms with Gasteiger partial charge in [-0.1, -0.05) is 24.3 Å². The maximum atomic E-state index is 12.3. The first-order valence-electron chi connectivity index (χ1n) is 10.1. The van der Waals surface area contributed by atoms with E-state index in [1.54, 1.807) is 4.90 Å². The van der Waals surface area contributed by atoms with E-state index in [9.17, 15) is 9.90 Å². The van der Waals surface area contributed by atoms with Crippen LogP contribution in [-0.4, -0.2) is 50.4 Å². The first-order valence-corrected chi connectivity index (χ1v) is 10.1. The number of aliphatic hydroxyl groups excluding tert-OH is 1. The number of carbonyl (C=O) groups is 1. The van der Waals surface area contributed by atoms with Gasteiger partial charge in [-0.25, -0.2) is 9.78 Å². The molecule has 1 aliphatic carbocycles. The molecule has 1 aromatic heterocycles. The fourth-order valence-corrected chi connectivity index (χ4v) is 5.37. The topological polar surface area (TPSA) is 67.6 Å². The number of nitrogens with zero attached hydrogens (tertiary/aromatic N) is 3. The second-order valence-electron chi connectivity index (χ2n) is 9.56. The lowest BCUT2D eigenvalue weighted by Crippen LogP contribution is -2.63. The maximum absolute atomic E-state index is 12.3. The summed E-state index contributed by atoms with van der Waals surface area (Å²) in [6.07, 6.45) is 4.94. The molecule has 0 unspecified atom stereocenters. The van der Waals surface area contributed by atoms with Crippen molar-refractivity contribution in [1.82, 2.24) is 14.5 Å². The Morgan fingerprint density at radius 1 is 1.29 bits per heavy atom. The minimum absolute atomic E-state index is 0.110. The van der Waals surface area contributed by atoms with Crippen LogP contribution in [0.15, 0.2) is 36.8 Å². The molecule has 0 bridgehead atoms. The van der Waals surface area contributed by atoms with Crippen molar-refractivity contribution >= 4 is 6.09 Å². The summed E-state index contributed by atoms with van der Waals surface area (Å²) < 4.78 is 7.69. The molecular formula is C22H27N3O3. The number of fused-ring (bicyclic) bond motifs is 3. The van der Waals surface area contributed by atoms with Crippen molar-refractivity contribution in [3.05, 3.63) is 42.4 Å². The summed E-state index contributed by atoms with van der Waals surface area (Å²) in [5.41, 5.74) is 2.89. The van der Waals surface area contributed by atoms with Gasteiger partial charge in [0, 0.05) is 30.0 Å². The molecule has 3 atom stereocenters. The van der Waals surface area contributed by atoms with Crippen molar-refractivity contribution in [2.75, 3.05) is 13.1 Å². The van der Waals surface area contributed by atoms with Crippen LogP contribution in [0.5, 0.6) is 0 Å². The Labute approximate surface area is 165 Å². The summed E-state index contributed by atoms with van der Waals surface area (Å²) in [6.45, 7) is 6.78. The molecule has 6 heteroatoms. The fourth-order valence-electron chi connectivity index (χ4n) is 5.37. The Hall–Kier alpha value is -2.34. The van der Waals surface area contributed by atoms with Crippen LogP contribution < -0.4 is 0 Å². The lowest BCUT2D eigenvalue weighted by atomic mass is 9.74. The van der Waals surface area contributed by atoms with Crippen LogP contribution in [0.2, 0.25) is 0 Å². The molecule has 2 aliphatic heterocycles. The van der Waals surface area contributed by atoms with Gasteiger partial charge in [-0.05, 0) is 39.2 Å². The number of likely N-dealkylation sites (tertiary alicyclic amines) is 1. The Kier molecular flexibility index (Phi) is 3.69. The highest BCUT2D eigenvalue weighted by atomic mass is 16.6. The van der Waals surface area contributed by atoms with Crippen LogP contribution >= 0.6 is 0 Å². The summed E-state index contributed by atoms with van der Waals surface area (Å²) in [6, 6.07) is 8.52. The molecule has 1 amide bonds. The van der Waals surface area contributed by atoms with Gasteiger partial charge in [0.2, 0.25) is 0 Å². The molecule has 1 N–H and O–H groups in total. The number of imidazole rings is 1. The number of ether oxygens (including phenoxy) is 1. The Morgan fingerprint density at radius 3 is 2.79 bits per heavy atom. The largest absolute Gasteiger partial charge is 0.444 e. The molecule has 2 aromatic rings. The van der Waals surface area contributed by atoms with E-state index in [1.807, 2.05) is 33.3 Å². The van der Waals surface area contributed by atoms with Crippen LogP contribution in [0.1, 0.15) is 45.2 Å². The Balaban J connectivity index is 1.36. The molecule has 3 heterocycles. The zero-order chi connectivity index (χ0) is 19.7. The standard InChI is InChI=1S/C22H27N3O3/c1-21(2,3)28-20(27)24-11-22(12-24)9-8-16(19(22)26)18-15-7-5-4-6-14(15)17-10-23-13-25(17)18/h4-7,10,13,16,18-19,26H,8-9,11-12H2,1-3H3/t16-,18+,19+/m1/s1. The van der Waals surface area contributed by atoms with E-state index in [-0.39, 0.29) is 23.5 Å². The van der Waals surface area contributed by atoms with Gasteiger partial charge in [-0.15, -0.1) is 0 Å². The number of aliphatic hydroxyl groups is 1. The number of amides is 1. The molecule has 3 aliphatic rings. The van der Waals surface area contributed by atoms with Gasteiger partial charge in [0.15, 0.2) is 0 Å². The van der Waals surface area contributed by atoms with Gasteiger partial charge in [-0.2, -0.15) is 0 Å². The summed E-state index contributed by atoms with van der Waals surface area (Å²) >= 11 is 0. The molecule has 1 aromatic carbocycles. The highest BCUT2D eigenvalue weighted by molar-refractivity contribution is 5.70. The molecule has 5 rings (SSSR count). The normalized spacial score (nSPS) is 27.4. The molecule has 0 radical (unpaired) electrons. The first kappa shape index (κ1) is 17.7. The predicted octanol–water partition coefficient (Wildman–Crippen LogP) is 3.46. The van der Waals surface area contributed by atoms with Crippen LogP contribution in [-0.2, 0) is 4.74 Å². The third-order valence-electron chi connectivity index (χ3n) is 6.60. The number of carbonyl (C=O) groups excluding carboxylic acids is 1. The molecule has 1 spiro atoms. The van der Waals surface area contributed by atoms with Crippen molar-refractivity contribution in [1.29, 1.82) is 0 Å². The Bertz CT molecular complexity index is 923. The summed E-state index contributed by atoms with van der Waals surface area (Å²) in [5, 5.41) is 11.3. The van der Waals surface area contributed by atoms with E-state index in [1.165, 1.54) is 11.1 Å². The smallest absolute Gasteiger partial charge is 0.410 e. The minimum atomic E-state index is -0.498. The Morgan fingerprint density at radius 2 is 2.04 bits per heavy atom. The van der Waals surface area contributed by atoms with Crippen molar-refractivity contribution in [2.24, 2.45) is 11.3 Å². The lowest BCUT2D eigenvalue weighted by molar-refractivity contribution is -0.0900. The zero-order valence-corrected chi connectivity index (χ0v) is 16.6. The van der Waals surface area contributed by atoms with Crippen LogP contribution in [0, 0.1) is 11.3 Å². The summed E-state index contributed by atoms with van der Waals surface area (Å²) in [7, 11) is 0. The van der Waals surface area contributed by atoms with E-state index in [0.29, 0.717) is 13.1 Å². The quantitative estimate of drug-likeness (QED) is 0.821. The van der Waals surface area contributed by atoms with Gasteiger partial charge < -0.3 is 19.3 Å².